The molecule has 118 valence electrons. The average molecular weight is 291 g/mol. The van der Waals surface area contributed by atoms with Crippen LogP contribution in [-0.2, 0) is 9.47 Å². The molecule has 1 N–H and O–H groups in total. The maximum absolute atomic E-state index is 6.38. The molecule has 3 nitrogen and oxygen atoms in total. The molecule has 2 spiro atoms. The predicted octanol–water partition coefficient (Wildman–Crippen LogP) is 3.26. The molecule has 3 fully saturated rings. The summed E-state index contributed by atoms with van der Waals surface area (Å²) in [4.78, 5) is 0. The minimum atomic E-state index is -0.304. The van der Waals surface area contributed by atoms with Crippen molar-refractivity contribution in [1.82, 2.24) is 5.32 Å². The van der Waals surface area contributed by atoms with E-state index in [1.54, 1.807) is 5.57 Å². The van der Waals surface area contributed by atoms with Crippen molar-refractivity contribution in [2.45, 2.75) is 57.7 Å². The molecule has 21 heavy (non-hydrogen) atoms. The highest BCUT2D eigenvalue weighted by Gasteiger charge is 2.64. The monoisotopic (exact) mass is 291 g/mol. The molecule has 2 saturated heterocycles. The van der Waals surface area contributed by atoms with Crippen molar-refractivity contribution < 1.29 is 9.47 Å². The topological polar surface area (TPSA) is 30.5 Å². The second-order valence-corrected chi connectivity index (χ2v) is 7.59. The second-order valence-electron chi connectivity index (χ2n) is 7.59. The summed E-state index contributed by atoms with van der Waals surface area (Å²) < 4.78 is 12.8. The first kappa shape index (κ1) is 14.2. The third-order valence-electron chi connectivity index (χ3n) is 6.38. The van der Waals surface area contributed by atoms with Crippen LogP contribution in [-0.4, -0.2) is 32.1 Å². The lowest BCUT2D eigenvalue weighted by molar-refractivity contribution is -0.268. The summed E-state index contributed by atoms with van der Waals surface area (Å²) in [5.41, 5.74) is 1.85. The number of allylic oxidation sites excluding steroid dienone is 1. The fraction of sp³-hybridized carbons (Fsp3) is 0.889. The van der Waals surface area contributed by atoms with E-state index in [9.17, 15) is 0 Å². The van der Waals surface area contributed by atoms with Gasteiger partial charge in [-0.05, 0) is 63.5 Å². The highest BCUT2D eigenvalue weighted by Crippen LogP contribution is 2.64. The highest BCUT2D eigenvalue weighted by molar-refractivity contribution is 5.30. The minimum Gasteiger partial charge on any atom is -0.347 e. The van der Waals surface area contributed by atoms with Crippen molar-refractivity contribution in [1.29, 1.82) is 0 Å². The maximum atomic E-state index is 6.38. The Morgan fingerprint density at radius 3 is 2.86 bits per heavy atom. The molecular weight excluding hydrogens is 262 g/mol. The van der Waals surface area contributed by atoms with Gasteiger partial charge in [-0.1, -0.05) is 18.6 Å². The normalized spacial score (nSPS) is 42.6. The van der Waals surface area contributed by atoms with Crippen LogP contribution in [0.25, 0.3) is 0 Å². The Kier molecular flexibility index (Phi) is 3.63. The van der Waals surface area contributed by atoms with Gasteiger partial charge >= 0.3 is 0 Å². The summed E-state index contributed by atoms with van der Waals surface area (Å²) in [6.07, 6.45) is 11.2. The molecule has 0 bridgehead atoms. The lowest BCUT2D eigenvalue weighted by atomic mass is 9.56. The average Bonchev–Trinajstić information content (AvgIpc) is 3.06. The summed E-state index contributed by atoms with van der Waals surface area (Å²) in [5.74, 6) is 1.16. The van der Waals surface area contributed by atoms with E-state index >= 15 is 0 Å². The van der Waals surface area contributed by atoms with E-state index in [0.717, 1.165) is 44.6 Å². The molecule has 4 rings (SSSR count). The summed E-state index contributed by atoms with van der Waals surface area (Å²) >= 11 is 0. The van der Waals surface area contributed by atoms with Crippen LogP contribution in [0.15, 0.2) is 11.6 Å². The summed E-state index contributed by atoms with van der Waals surface area (Å²) in [6, 6.07) is 0. The zero-order chi connectivity index (χ0) is 14.3. The van der Waals surface area contributed by atoms with Crippen molar-refractivity contribution in [2.75, 3.05) is 26.3 Å². The third kappa shape index (κ3) is 2.04. The van der Waals surface area contributed by atoms with Crippen LogP contribution in [0, 0.1) is 17.3 Å². The molecule has 0 aromatic rings. The van der Waals surface area contributed by atoms with E-state index in [1.807, 2.05) is 0 Å². The largest absolute Gasteiger partial charge is 0.347 e. The molecule has 0 aromatic carbocycles. The molecule has 3 heteroatoms. The van der Waals surface area contributed by atoms with Gasteiger partial charge in [0.05, 0.1) is 13.2 Å². The number of ether oxygens (including phenoxy) is 2. The van der Waals surface area contributed by atoms with Gasteiger partial charge in [0, 0.05) is 11.8 Å². The first-order valence-corrected chi connectivity index (χ1v) is 8.95. The van der Waals surface area contributed by atoms with Crippen molar-refractivity contribution in [2.24, 2.45) is 17.3 Å². The number of hydrogen-bond acceptors (Lipinski definition) is 3. The van der Waals surface area contributed by atoms with Crippen LogP contribution < -0.4 is 5.32 Å². The zero-order valence-electron chi connectivity index (χ0n) is 13.3. The quantitative estimate of drug-likeness (QED) is 0.695. The van der Waals surface area contributed by atoms with Crippen molar-refractivity contribution in [3.05, 3.63) is 11.6 Å². The standard InChI is InChI=1S/C18H29NO2/c1-14-12-16-6-5-15-4-2-8-19-9-3-7-17(15,16)18(13-14)20-10-11-21-18/h5,14,16,19H,2-4,6-13H2,1H3/t14-,16-,17-/m1/s1. The van der Waals surface area contributed by atoms with Gasteiger partial charge in [0.1, 0.15) is 0 Å². The van der Waals surface area contributed by atoms with Crippen molar-refractivity contribution in [3.63, 3.8) is 0 Å². The zero-order valence-corrected chi connectivity index (χ0v) is 13.3. The summed E-state index contributed by atoms with van der Waals surface area (Å²) in [5, 5.41) is 3.59. The second kappa shape index (κ2) is 5.36. The Bertz CT molecular complexity index is 427. The molecule has 0 unspecified atom stereocenters. The van der Waals surface area contributed by atoms with Gasteiger partial charge in [-0.3, -0.25) is 0 Å². The molecule has 2 aliphatic carbocycles. The molecule has 0 radical (unpaired) electrons. The first-order valence-electron chi connectivity index (χ1n) is 8.95. The van der Waals surface area contributed by atoms with Crippen LogP contribution in [0.2, 0.25) is 0 Å². The van der Waals surface area contributed by atoms with Gasteiger partial charge in [-0.15, -0.1) is 0 Å². The molecule has 0 amide bonds. The number of nitrogens with one attached hydrogen (secondary N) is 1. The Labute approximate surface area is 128 Å². The molecular formula is C18H29NO2. The van der Waals surface area contributed by atoms with Gasteiger partial charge < -0.3 is 14.8 Å². The van der Waals surface area contributed by atoms with E-state index in [2.05, 4.69) is 18.3 Å². The van der Waals surface area contributed by atoms with Gasteiger partial charge in [0.15, 0.2) is 5.79 Å². The molecule has 3 atom stereocenters. The lowest BCUT2D eigenvalue weighted by Gasteiger charge is -2.55. The molecule has 2 heterocycles. The molecule has 1 saturated carbocycles. The first-order chi connectivity index (χ1) is 10.3. The highest BCUT2D eigenvalue weighted by atomic mass is 16.7. The van der Waals surface area contributed by atoms with Crippen LogP contribution in [0.4, 0.5) is 0 Å². The smallest absolute Gasteiger partial charge is 0.178 e. The summed E-state index contributed by atoms with van der Waals surface area (Å²) in [6.45, 7) is 6.25. The van der Waals surface area contributed by atoms with Crippen LogP contribution in [0.3, 0.4) is 0 Å². The fourth-order valence-electron chi connectivity index (χ4n) is 5.72. The van der Waals surface area contributed by atoms with E-state index in [1.165, 1.54) is 38.5 Å². The lowest BCUT2D eigenvalue weighted by Crippen LogP contribution is -2.57. The van der Waals surface area contributed by atoms with E-state index in [-0.39, 0.29) is 11.2 Å². The molecule has 4 aliphatic rings. The SMILES string of the molecule is C[C@@H]1C[C@H]2CC=C3CCCNCCC[C@@]32C2(C1)OCCO2. The van der Waals surface area contributed by atoms with Crippen molar-refractivity contribution >= 4 is 0 Å². The Morgan fingerprint density at radius 2 is 2.00 bits per heavy atom. The Morgan fingerprint density at radius 1 is 1.19 bits per heavy atom. The Balaban J connectivity index is 1.76. The Hall–Kier alpha value is -0.380. The van der Waals surface area contributed by atoms with Crippen LogP contribution >= 0.6 is 0 Å². The van der Waals surface area contributed by atoms with E-state index in [0.29, 0.717) is 0 Å². The molecule has 2 aliphatic heterocycles. The van der Waals surface area contributed by atoms with E-state index in [4.69, 9.17) is 9.47 Å². The van der Waals surface area contributed by atoms with Gasteiger partial charge in [-0.25, -0.2) is 0 Å². The fourth-order valence-corrected chi connectivity index (χ4v) is 5.72. The van der Waals surface area contributed by atoms with Crippen LogP contribution in [0.1, 0.15) is 51.9 Å². The summed E-state index contributed by atoms with van der Waals surface area (Å²) in [7, 11) is 0. The van der Waals surface area contributed by atoms with Gasteiger partial charge in [0.2, 0.25) is 0 Å². The minimum absolute atomic E-state index is 0.183. The van der Waals surface area contributed by atoms with Gasteiger partial charge in [-0.2, -0.15) is 0 Å². The number of rotatable bonds is 0. The predicted molar refractivity (Wildman–Crippen MR) is 83.0 cm³/mol. The number of hydrogen-bond donors (Lipinski definition) is 1. The van der Waals surface area contributed by atoms with Gasteiger partial charge in [0.25, 0.3) is 0 Å². The van der Waals surface area contributed by atoms with Crippen molar-refractivity contribution in [3.8, 4) is 0 Å². The van der Waals surface area contributed by atoms with Crippen LogP contribution in [0.5, 0.6) is 0 Å². The maximum Gasteiger partial charge on any atom is 0.178 e. The van der Waals surface area contributed by atoms with E-state index < -0.39 is 0 Å². The molecule has 0 aromatic heterocycles. The third-order valence-corrected chi connectivity index (χ3v) is 6.38.